The Morgan fingerprint density at radius 3 is 1.94 bits per heavy atom. The van der Waals surface area contributed by atoms with Gasteiger partial charge in [-0.3, -0.25) is 47.9 Å². The highest BCUT2D eigenvalue weighted by molar-refractivity contribution is 7.90. The molecule has 11 atom stereocenters. The first-order valence-corrected chi connectivity index (χ1v) is 34.7. The minimum absolute atomic E-state index is 0.0220. The zero-order chi connectivity index (χ0) is 71.0. The maximum Gasteiger partial charge on any atom is 0.410 e. The van der Waals surface area contributed by atoms with Crippen molar-refractivity contribution in [3.8, 4) is 0 Å². The number of urea groups is 1. The molecule has 1 aliphatic heterocycles. The van der Waals surface area contributed by atoms with Gasteiger partial charge in [-0.15, -0.1) is 0 Å². The molecule has 1 heterocycles. The van der Waals surface area contributed by atoms with Crippen LogP contribution in [0.3, 0.4) is 0 Å². The zero-order valence-electron chi connectivity index (χ0n) is 57.7. The number of likely N-dealkylation sites (N-methyl/N-ethyl adjacent to an activating group) is 2. The molecule has 2 aliphatic rings. The zero-order valence-corrected chi connectivity index (χ0v) is 58.5. The third kappa shape index (κ3) is 24.6. The van der Waals surface area contributed by atoms with Crippen LogP contribution in [0.15, 0.2) is 54.6 Å². The van der Waals surface area contributed by atoms with Crippen molar-refractivity contribution in [3.05, 3.63) is 65.7 Å². The number of carboxylic acids is 1. The predicted octanol–water partition coefficient (Wildman–Crippen LogP) is 6.13. The smallest absolute Gasteiger partial charge is 0.410 e. The number of nitrogens with one attached hydrogen (secondary N) is 5. The van der Waals surface area contributed by atoms with Crippen LogP contribution in [0.2, 0.25) is 0 Å². The highest BCUT2D eigenvalue weighted by Crippen LogP contribution is 2.32. The molecule has 9 amide bonds. The number of carboxylic acid groups (broad SMARTS) is 1. The summed E-state index contributed by atoms with van der Waals surface area (Å²) < 4.78 is 45.6. The van der Waals surface area contributed by atoms with Gasteiger partial charge in [0.15, 0.2) is 11.6 Å². The van der Waals surface area contributed by atoms with Crippen molar-refractivity contribution < 1.29 is 80.5 Å². The van der Waals surface area contributed by atoms with E-state index in [0.29, 0.717) is 61.9 Å². The molecule has 0 aromatic heterocycles. The SMILES string of the molecule is CC[C@H](C)[C@@H]([C@@H](CC(=O)N1CCC[C@H]1[C@H](OC)[C@@H](C)C(=O)N[C@@H](Cc1ccccc1)C(=O)NS(=O)(=O)C1CC1)OC)N(C)C(=O)[C@@H](CC(=O)[C@H](C(C)C)N(C)C(=O)OCc1ccc(NC(=O)[C@H](CCCNC(N)=O)CC(=O)[C@@H](NC(=O)CCCC(=O)O)C(C)C)cc1)C(C)C. The number of ether oxygens (including phenoxy) is 3. The van der Waals surface area contributed by atoms with Crippen LogP contribution >= 0.6 is 0 Å². The first kappa shape index (κ1) is 79.9. The maximum absolute atomic E-state index is 14.9. The number of aliphatic carboxylic acids is 1. The number of sulfonamides is 1. The number of hydrogen-bond acceptors (Lipinski definition) is 16. The summed E-state index contributed by atoms with van der Waals surface area (Å²) in [5.74, 6) is -8.81. The normalized spacial score (nSPS) is 17.2. The van der Waals surface area contributed by atoms with Crippen molar-refractivity contribution in [1.82, 2.24) is 35.4 Å². The van der Waals surface area contributed by atoms with Gasteiger partial charge in [-0.25, -0.2) is 18.0 Å². The molecule has 1 saturated carbocycles. The summed E-state index contributed by atoms with van der Waals surface area (Å²) in [6.45, 7) is 16.6. The molecule has 0 bridgehead atoms. The Morgan fingerprint density at radius 1 is 0.726 bits per heavy atom. The van der Waals surface area contributed by atoms with E-state index in [0.717, 1.165) is 0 Å². The van der Waals surface area contributed by atoms with Gasteiger partial charge < -0.3 is 61.0 Å². The number of amides is 9. The van der Waals surface area contributed by atoms with Gasteiger partial charge in [0.1, 0.15) is 12.6 Å². The van der Waals surface area contributed by atoms with Crippen LogP contribution in [-0.2, 0) is 80.4 Å². The fraction of sp³-hybridized carbons (Fsp3) is 0.662. The van der Waals surface area contributed by atoms with Crippen molar-refractivity contribution in [2.75, 3.05) is 46.7 Å². The lowest BCUT2D eigenvalue weighted by Gasteiger charge is -2.41. The lowest BCUT2D eigenvalue weighted by Crippen LogP contribution is -2.55. The minimum atomic E-state index is -3.92. The Kier molecular flexibility index (Phi) is 32.2. The average molecular weight is 1350 g/mol. The molecule has 530 valence electrons. The van der Waals surface area contributed by atoms with Crippen molar-refractivity contribution >= 4 is 80.8 Å². The Balaban J connectivity index is 1.42. The fourth-order valence-corrected chi connectivity index (χ4v) is 13.7. The van der Waals surface area contributed by atoms with Gasteiger partial charge in [0, 0.05) is 91.0 Å². The molecular formula is C68H105N9O17S. The number of carbonyl (C=O) groups is 11. The van der Waals surface area contributed by atoms with E-state index in [2.05, 4.69) is 26.0 Å². The number of hydrogen-bond donors (Lipinski definition) is 7. The van der Waals surface area contributed by atoms with E-state index in [1.165, 1.54) is 26.2 Å². The van der Waals surface area contributed by atoms with Crippen LogP contribution in [0.1, 0.15) is 157 Å². The van der Waals surface area contributed by atoms with Crippen molar-refractivity contribution in [2.45, 2.75) is 206 Å². The molecule has 1 aliphatic carbocycles. The Labute approximate surface area is 560 Å². The topological polar surface area (TPSA) is 366 Å². The molecule has 8 N–H and O–H groups in total. The molecule has 2 fully saturated rings. The number of nitrogens with two attached hydrogens (primary N) is 1. The summed E-state index contributed by atoms with van der Waals surface area (Å²) in [6, 6.07) is 10.2. The largest absolute Gasteiger partial charge is 0.481 e. The summed E-state index contributed by atoms with van der Waals surface area (Å²) in [5.41, 5.74) is 6.82. The Bertz CT molecular complexity index is 3040. The maximum atomic E-state index is 14.9. The number of benzene rings is 2. The summed E-state index contributed by atoms with van der Waals surface area (Å²) in [4.78, 5) is 152. The van der Waals surface area contributed by atoms with E-state index in [-0.39, 0.29) is 99.9 Å². The lowest BCUT2D eigenvalue weighted by molar-refractivity contribution is -0.149. The van der Waals surface area contributed by atoms with Crippen LogP contribution in [0, 0.1) is 41.4 Å². The van der Waals surface area contributed by atoms with Gasteiger partial charge in [0.2, 0.25) is 39.6 Å². The lowest BCUT2D eigenvalue weighted by atomic mass is 9.83. The number of nitrogens with zero attached hydrogens (tertiary/aromatic N) is 3. The van der Waals surface area contributed by atoms with Gasteiger partial charge in [-0.1, -0.05) is 111 Å². The second-order valence-electron chi connectivity index (χ2n) is 26.4. The van der Waals surface area contributed by atoms with E-state index in [1.807, 2.05) is 27.7 Å². The van der Waals surface area contributed by atoms with E-state index >= 15 is 0 Å². The number of methoxy groups -OCH3 is 2. The first-order chi connectivity index (χ1) is 44.8. The highest BCUT2D eigenvalue weighted by Gasteiger charge is 2.45. The first-order valence-electron chi connectivity index (χ1n) is 33.2. The number of anilines is 1. The molecule has 0 unspecified atom stereocenters. The minimum Gasteiger partial charge on any atom is -0.481 e. The summed E-state index contributed by atoms with van der Waals surface area (Å²) in [7, 11) is 2.10. The third-order valence-electron chi connectivity index (χ3n) is 18.1. The number of Topliss-reactive ketones (excluding diaryl/α,β-unsaturated/α-hetero) is 2. The van der Waals surface area contributed by atoms with Crippen molar-refractivity contribution in [3.63, 3.8) is 0 Å². The number of primary amides is 1. The second-order valence-corrected chi connectivity index (χ2v) is 28.4. The summed E-state index contributed by atoms with van der Waals surface area (Å²) in [6.07, 6.45) is -0.207. The van der Waals surface area contributed by atoms with E-state index in [1.54, 1.807) is 106 Å². The molecule has 26 nitrogen and oxygen atoms in total. The van der Waals surface area contributed by atoms with E-state index in [9.17, 15) is 61.2 Å². The second kappa shape index (κ2) is 38.3. The van der Waals surface area contributed by atoms with Gasteiger partial charge in [0.05, 0.1) is 54.0 Å². The van der Waals surface area contributed by atoms with Gasteiger partial charge in [-0.2, -0.15) is 0 Å². The Hall–Kier alpha value is -7.52. The summed E-state index contributed by atoms with van der Waals surface area (Å²) in [5, 5.41) is 19.1. The van der Waals surface area contributed by atoms with Crippen LogP contribution in [-0.4, -0.2) is 182 Å². The molecule has 2 aromatic rings. The number of rotatable bonds is 41. The molecule has 95 heavy (non-hydrogen) atoms. The number of carbonyl (C=O) groups excluding carboxylic acids is 10. The highest BCUT2D eigenvalue weighted by atomic mass is 32.2. The van der Waals surface area contributed by atoms with Crippen LogP contribution in [0.5, 0.6) is 0 Å². The van der Waals surface area contributed by atoms with Gasteiger partial charge in [-0.05, 0) is 91.9 Å². The molecule has 4 rings (SSSR count). The van der Waals surface area contributed by atoms with Crippen molar-refractivity contribution in [2.24, 2.45) is 47.2 Å². The van der Waals surface area contributed by atoms with Crippen LogP contribution in [0.4, 0.5) is 15.3 Å². The predicted molar refractivity (Wildman–Crippen MR) is 356 cm³/mol. The fourth-order valence-electron chi connectivity index (χ4n) is 12.4. The third-order valence-corrected chi connectivity index (χ3v) is 20.0. The van der Waals surface area contributed by atoms with Gasteiger partial charge in [0.25, 0.3) is 5.91 Å². The molecule has 1 saturated heterocycles. The standard InChI is InChI=1S/C68H105N9O17S/c1-14-43(8)61(55(92-12)38-57(81)77-34-20-24-52(77)62(93-13)44(9)63(84)72-51(35-45-21-16-15-17-22-45)65(86)74-95(90,91)49-31-32-49)75(10)66(87)50(40(2)3)37-54(79)60(42(6)7)76(11)68(89)94-39-46-27-29-48(30-28-46)71-64(85)47(23-19-33-70-67(69)88)36-53(78)59(41(4)5)73-56(80)25-18-26-58(82)83/h15-17,21-22,27-30,40-44,47,49-52,55,59-62H,14,18-20,23-26,31-39H2,1-13H3,(H,71,85)(H,72,84)(H,73,80)(H,74,86)(H,82,83)(H3,69,70,88)/t43-,44+,47+,50-,51-,52-,55+,59-,60-,61-,62+/m0/s1. The molecule has 0 spiro atoms. The van der Waals surface area contributed by atoms with Gasteiger partial charge >= 0.3 is 18.1 Å². The Morgan fingerprint density at radius 2 is 1.38 bits per heavy atom. The molecular weight excluding hydrogens is 1250 g/mol. The molecule has 27 heteroatoms. The monoisotopic (exact) mass is 1350 g/mol. The number of likely N-dealkylation sites (tertiary alicyclic amines) is 1. The summed E-state index contributed by atoms with van der Waals surface area (Å²) >= 11 is 0. The van der Waals surface area contributed by atoms with Crippen LogP contribution in [0.25, 0.3) is 0 Å². The molecule has 2 aromatic carbocycles. The number of ketones is 2. The van der Waals surface area contributed by atoms with Crippen molar-refractivity contribution in [1.29, 1.82) is 0 Å². The quantitative estimate of drug-likeness (QED) is 0.0368. The average Bonchev–Trinajstić information content (AvgIpc) is 1.78. The van der Waals surface area contributed by atoms with E-state index in [4.69, 9.17) is 25.1 Å². The van der Waals surface area contributed by atoms with E-state index < -0.39 is 129 Å². The molecule has 0 radical (unpaired) electrons. The van der Waals surface area contributed by atoms with Crippen LogP contribution < -0.4 is 31.7 Å².